The van der Waals surface area contributed by atoms with Crippen molar-refractivity contribution in [1.29, 1.82) is 0 Å². The molecule has 1 fully saturated rings. The molecule has 1 saturated heterocycles. The van der Waals surface area contributed by atoms with Gasteiger partial charge in [-0.15, -0.1) is 0 Å². The van der Waals surface area contributed by atoms with E-state index < -0.39 is 17.7 Å². The molecule has 36 heavy (non-hydrogen) atoms. The molecule has 3 aromatic carbocycles. The molecule has 0 radical (unpaired) electrons. The monoisotopic (exact) mass is 500 g/mol. The van der Waals surface area contributed by atoms with E-state index >= 15 is 0 Å². The van der Waals surface area contributed by atoms with Gasteiger partial charge in [-0.3, -0.25) is 14.5 Å². The van der Waals surface area contributed by atoms with Gasteiger partial charge in [0.05, 0.1) is 28.4 Å². The number of fused-ring (bicyclic) bond motifs is 1. The number of phenolic OH excluding ortho intramolecular Hbond substituents is 1. The highest BCUT2D eigenvalue weighted by molar-refractivity contribution is 7.22. The molecule has 1 aromatic heterocycles. The number of aromatic nitrogens is 1. The number of aliphatic hydroxyl groups excluding tert-OH is 1. The van der Waals surface area contributed by atoms with Crippen LogP contribution in [0.25, 0.3) is 16.0 Å². The van der Waals surface area contributed by atoms with Crippen molar-refractivity contribution in [3.63, 3.8) is 0 Å². The van der Waals surface area contributed by atoms with Gasteiger partial charge in [-0.05, 0) is 67.8 Å². The van der Waals surface area contributed by atoms with Gasteiger partial charge in [-0.1, -0.05) is 41.7 Å². The minimum absolute atomic E-state index is 0.0474. The van der Waals surface area contributed by atoms with Crippen molar-refractivity contribution in [1.82, 2.24) is 4.98 Å². The minimum Gasteiger partial charge on any atom is -0.508 e. The van der Waals surface area contributed by atoms with E-state index in [2.05, 4.69) is 0 Å². The van der Waals surface area contributed by atoms with Gasteiger partial charge in [-0.25, -0.2) is 4.98 Å². The number of aromatic hydroxyl groups is 1. The van der Waals surface area contributed by atoms with Gasteiger partial charge < -0.3 is 14.9 Å². The Labute approximate surface area is 211 Å². The lowest BCUT2D eigenvalue weighted by atomic mass is 9.95. The van der Waals surface area contributed by atoms with Crippen LogP contribution in [0.15, 0.2) is 66.2 Å². The van der Waals surface area contributed by atoms with E-state index in [9.17, 15) is 19.8 Å². The smallest absolute Gasteiger partial charge is 0.301 e. The number of benzene rings is 3. The summed E-state index contributed by atoms with van der Waals surface area (Å²) in [6.07, 6.45) is 0. The molecular weight excluding hydrogens is 476 g/mol. The summed E-state index contributed by atoms with van der Waals surface area (Å²) in [5, 5.41) is 21.5. The number of carbonyl (C=O) groups excluding carboxylic acids is 2. The number of nitrogens with zero attached hydrogens (tertiary/aromatic N) is 2. The molecule has 2 heterocycles. The van der Waals surface area contributed by atoms with Crippen LogP contribution in [0.2, 0.25) is 0 Å². The molecule has 2 N–H and O–H groups in total. The quantitative estimate of drug-likeness (QED) is 0.209. The van der Waals surface area contributed by atoms with Crippen LogP contribution in [-0.4, -0.2) is 33.5 Å². The first-order valence-corrected chi connectivity index (χ1v) is 12.3. The minimum atomic E-state index is -0.927. The summed E-state index contributed by atoms with van der Waals surface area (Å²) in [5.74, 6) is -1.30. The fourth-order valence-electron chi connectivity index (χ4n) is 4.52. The number of phenols is 1. The Morgan fingerprint density at radius 3 is 2.56 bits per heavy atom. The number of ketones is 1. The number of ether oxygens (including phenoxy) is 1. The van der Waals surface area contributed by atoms with Gasteiger partial charge >= 0.3 is 5.91 Å². The standard InChI is InChI=1S/C28H24N2O5S/c1-4-35-20-7-5-6-18(14-20)25(32)22-24(17-8-10-19(31)11-9-17)30(27(34)26(22)33)28-29-23-16(3)12-15(2)13-21(23)36-28/h5-14,24,31-32H,4H2,1-3H3/b25-22+. The van der Waals surface area contributed by atoms with Gasteiger partial charge in [0.25, 0.3) is 5.78 Å². The topological polar surface area (TPSA) is 100.0 Å². The van der Waals surface area contributed by atoms with E-state index in [1.165, 1.54) is 28.4 Å². The molecule has 7 nitrogen and oxygen atoms in total. The number of hydrogen-bond acceptors (Lipinski definition) is 7. The van der Waals surface area contributed by atoms with E-state index in [4.69, 9.17) is 9.72 Å². The fourth-order valence-corrected chi connectivity index (χ4v) is 5.69. The number of amides is 1. The Balaban J connectivity index is 1.72. The van der Waals surface area contributed by atoms with Crippen LogP contribution >= 0.6 is 11.3 Å². The summed E-state index contributed by atoms with van der Waals surface area (Å²) in [4.78, 5) is 32.9. The van der Waals surface area contributed by atoms with Crippen molar-refractivity contribution in [2.24, 2.45) is 0 Å². The predicted octanol–water partition coefficient (Wildman–Crippen LogP) is 5.64. The number of thiazole rings is 1. The van der Waals surface area contributed by atoms with Crippen molar-refractivity contribution < 1.29 is 24.5 Å². The van der Waals surface area contributed by atoms with Gasteiger partial charge in [0, 0.05) is 5.56 Å². The lowest BCUT2D eigenvalue weighted by molar-refractivity contribution is -0.132. The second-order valence-electron chi connectivity index (χ2n) is 8.65. The molecule has 1 unspecified atom stereocenters. The number of rotatable bonds is 5. The largest absolute Gasteiger partial charge is 0.508 e. The zero-order chi connectivity index (χ0) is 25.6. The highest BCUT2D eigenvalue weighted by Crippen LogP contribution is 2.45. The molecule has 1 atom stereocenters. The summed E-state index contributed by atoms with van der Waals surface area (Å²) in [7, 11) is 0. The van der Waals surface area contributed by atoms with Crippen LogP contribution in [0.3, 0.4) is 0 Å². The number of anilines is 1. The Morgan fingerprint density at radius 1 is 1.08 bits per heavy atom. The van der Waals surface area contributed by atoms with E-state index in [1.54, 1.807) is 36.4 Å². The zero-order valence-corrected chi connectivity index (χ0v) is 20.8. The first kappa shape index (κ1) is 23.6. The van der Waals surface area contributed by atoms with Crippen LogP contribution in [-0.2, 0) is 9.59 Å². The Morgan fingerprint density at radius 2 is 1.83 bits per heavy atom. The second-order valence-corrected chi connectivity index (χ2v) is 9.66. The number of Topliss-reactive ketones (excluding diaryl/α,β-unsaturated/α-hetero) is 1. The maximum Gasteiger partial charge on any atom is 0.301 e. The Hall–Kier alpha value is -4.17. The molecule has 0 saturated carbocycles. The lowest BCUT2D eigenvalue weighted by Crippen LogP contribution is -2.29. The molecule has 1 amide bonds. The second kappa shape index (κ2) is 9.13. The highest BCUT2D eigenvalue weighted by atomic mass is 32.1. The maximum absolute atomic E-state index is 13.4. The normalized spacial score (nSPS) is 17.2. The molecule has 0 bridgehead atoms. The molecule has 1 aliphatic rings. The molecule has 4 aromatic rings. The van der Waals surface area contributed by atoms with Gasteiger partial charge in [-0.2, -0.15) is 0 Å². The van der Waals surface area contributed by atoms with Crippen LogP contribution in [0.5, 0.6) is 11.5 Å². The van der Waals surface area contributed by atoms with E-state index in [0.717, 1.165) is 21.3 Å². The zero-order valence-electron chi connectivity index (χ0n) is 20.0. The SMILES string of the molecule is CCOc1cccc(/C(O)=C2\C(=O)C(=O)N(c3nc4c(C)cc(C)cc4s3)C2c2ccc(O)cc2)c1. The van der Waals surface area contributed by atoms with Crippen molar-refractivity contribution in [3.05, 3.63) is 88.5 Å². The summed E-state index contributed by atoms with van der Waals surface area (Å²) in [5.41, 5.74) is 3.67. The van der Waals surface area contributed by atoms with Crippen molar-refractivity contribution in [2.75, 3.05) is 11.5 Å². The molecule has 0 spiro atoms. The molecule has 1 aliphatic heterocycles. The third kappa shape index (κ3) is 3.99. The Bertz CT molecular complexity index is 1540. The van der Waals surface area contributed by atoms with E-state index in [-0.39, 0.29) is 17.1 Å². The lowest BCUT2D eigenvalue weighted by Gasteiger charge is -2.23. The summed E-state index contributed by atoms with van der Waals surface area (Å²) in [6, 6.07) is 16.1. The van der Waals surface area contributed by atoms with Crippen molar-refractivity contribution in [3.8, 4) is 11.5 Å². The van der Waals surface area contributed by atoms with Gasteiger partial charge in [0.15, 0.2) is 5.13 Å². The molecular formula is C28H24N2O5S. The molecule has 182 valence electrons. The van der Waals surface area contributed by atoms with Crippen molar-refractivity contribution >= 4 is 44.1 Å². The van der Waals surface area contributed by atoms with E-state index in [1.807, 2.05) is 32.9 Å². The van der Waals surface area contributed by atoms with E-state index in [0.29, 0.717) is 28.6 Å². The molecule has 0 aliphatic carbocycles. The Kier molecular flexibility index (Phi) is 5.97. The predicted molar refractivity (Wildman–Crippen MR) is 140 cm³/mol. The fraction of sp³-hybridized carbons (Fsp3) is 0.179. The third-order valence-corrected chi connectivity index (χ3v) is 7.10. The van der Waals surface area contributed by atoms with Crippen LogP contribution < -0.4 is 9.64 Å². The highest BCUT2D eigenvalue weighted by Gasteiger charge is 2.48. The first-order valence-electron chi connectivity index (χ1n) is 11.5. The maximum atomic E-state index is 13.4. The molecule has 5 rings (SSSR count). The van der Waals surface area contributed by atoms with Gasteiger partial charge in [0.1, 0.15) is 17.3 Å². The number of carbonyl (C=O) groups is 2. The third-order valence-electron chi connectivity index (χ3n) is 6.10. The van der Waals surface area contributed by atoms with Crippen LogP contribution in [0, 0.1) is 13.8 Å². The summed E-state index contributed by atoms with van der Waals surface area (Å²) >= 11 is 1.32. The molecule has 8 heteroatoms. The van der Waals surface area contributed by atoms with Crippen LogP contribution in [0.1, 0.15) is 35.2 Å². The average molecular weight is 501 g/mol. The van der Waals surface area contributed by atoms with Crippen molar-refractivity contribution in [2.45, 2.75) is 26.8 Å². The number of aliphatic hydroxyl groups is 1. The number of aryl methyl sites for hydroxylation is 2. The number of hydrogen-bond donors (Lipinski definition) is 2. The summed E-state index contributed by atoms with van der Waals surface area (Å²) in [6.45, 7) is 6.24. The van der Waals surface area contributed by atoms with Gasteiger partial charge in [0.2, 0.25) is 0 Å². The summed E-state index contributed by atoms with van der Waals surface area (Å²) < 4.78 is 6.45. The van der Waals surface area contributed by atoms with Crippen LogP contribution in [0.4, 0.5) is 5.13 Å². The first-order chi connectivity index (χ1) is 17.3. The average Bonchev–Trinajstić information content (AvgIpc) is 3.38.